The van der Waals surface area contributed by atoms with E-state index in [4.69, 9.17) is 19.5 Å². The van der Waals surface area contributed by atoms with Crippen LogP contribution in [0.25, 0.3) is 0 Å². The first-order valence-electron chi connectivity index (χ1n) is 6.51. The highest BCUT2D eigenvalue weighted by Crippen LogP contribution is 2.12. The van der Waals surface area contributed by atoms with Gasteiger partial charge in [0.1, 0.15) is 12.4 Å². The molecule has 0 fully saturated rings. The second-order valence-electron chi connectivity index (χ2n) is 4.57. The molecule has 0 saturated carbocycles. The van der Waals surface area contributed by atoms with E-state index in [1.54, 1.807) is 18.2 Å². The Bertz CT molecular complexity index is 399. The van der Waals surface area contributed by atoms with Crippen LogP contribution < -0.4 is 4.74 Å². The second-order valence-corrected chi connectivity index (χ2v) is 4.57. The van der Waals surface area contributed by atoms with Gasteiger partial charge in [-0.15, -0.1) is 0 Å². The van der Waals surface area contributed by atoms with Crippen LogP contribution in [0.3, 0.4) is 0 Å². The van der Waals surface area contributed by atoms with Crippen molar-refractivity contribution in [3.63, 3.8) is 0 Å². The second kappa shape index (κ2) is 9.37. The van der Waals surface area contributed by atoms with Crippen LogP contribution in [0.2, 0.25) is 0 Å². The smallest absolute Gasteiger partial charge is 0.120 e. The fraction of sp³-hybridized carbons (Fsp3) is 0.533. The summed E-state index contributed by atoms with van der Waals surface area (Å²) >= 11 is 0. The lowest BCUT2D eigenvalue weighted by atomic mass is 10.2. The molecule has 0 saturated heterocycles. The lowest BCUT2D eigenvalue weighted by molar-refractivity contribution is 0.0282. The zero-order chi connectivity index (χ0) is 13.9. The Hall–Kier alpha value is -1.57. The van der Waals surface area contributed by atoms with Gasteiger partial charge < -0.3 is 14.2 Å². The molecule has 0 radical (unpaired) electrons. The molecule has 0 amide bonds. The van der Waals surface area contributed by atoms with E-state index in [1.165, 1.54) is 0 Å². The molecule has 0 aliphatic rings. The van der Waals surface area contributed by atoms with Crippen LogP contribution in [0.1, 0.15) is 19.4 Å². The SMILES string of the molecule is CC(C)COCCOCCOc1cccc(C#N)c1. The number of nitriles is 1. The molecule has 104 valence electrons. The zero-order valence-corrected chi connectivity index (χ0v) is 11.6. The molecule has 4 heteroatoms. The predicted molar refractivity (Wildman–Crippen MR) is 73.1 cm³/mol. The molecule has 4 nitrogen and oxygen atoms in total. The number of benzene rings is 1. The Morgan fingerprint density at radius 1 is 1.11 bits per heavy atom. The van der Waals surface area contributed by atoms with Crippen LogP contribution in [0.5, 0.6) is 5.75 Å². The average molecular weight is 263 g/mol. The molecule has 0 aliphatic carbocycles. The minimum absolute atomic E-state index is 0.471. The van der Waals surface area contributed by atoms with Gasteiger partial charge in [0.05, 0.1) is 31.5 Å². The minimum Gasteiger partial charge on any atom is -0.491 e. The largest absolute Gasteiger partial charge is 0.491 e. The average Bonchev–Trinajstić information content (AvgIpc) is 2.41. The van der Waals surface area contributed by atoms with Crippen LogP contribution in [0.4, 0.5) is 0 Å². The third-order valence-electron chi connectivity index (χ3n) is 2.28. The molecular formula is C15H21NO3. The zero-order valence-electron chi connectivity index (χ0n) is 11.6. The van der Waals surface area contributed by atoms with E-state index in [0.717, 1.165) is 6.61 Å². The maximum atomic E-state index is 8.75. The van der Waals surface area contributed by atoms with Gasteiger partial charge in [0.15, 0.2) is 0 Å². The third-order valence-corrected chi connectivity index (χ3v) is 2.28. The normalized spacial score (nSPS) is 10.4. The minimum atomic E-state index is 0.471. The van der Waals surface area contributed by atoms with Crippen LogP contribution in [0.15, 0.2) is 24.3 Å². The van der Waals surface area contributed by atoms with Crippen molar-refractivity contribution < 1.29 is 14.2 Å². The monoisotopic (exact) mass is 263 g/mol. The standard InChI is InChI=1S/C15H21NO3/c1-13(2)12-18-7-6-17-8-9-19-15-5-3-4-14(10-15)11-16/h3-5,10,13H,6-9,12H2,1-2H3. The fourth-order valence-corrected chi connectivity index (χ4v) is 1.41. The maximum Gasteiger partial charge on any atom is 0.120 e. The summed E-state index contributed by atoms with van der Waals surface area (Å²) in [7, 11) is 0. The molecule has 1 rings (SSSR count). The summed E-state index contributed by atoms with van der Waals surface area (Å²) < 4.78 is 16.2. The molecule has 1 aromatic rings. The summed E-state index contributed by atoms with van der Waals surface area (Å²) in [5.41, 5.74) is 0.598. The van der Waals surface area contributed by atoms with Gasteiger partial charge in [0.2, 0.25) is 0 Å². The van der Waals surface area contributed by atoms with E-state index in [1.807, 2.05) is 6.07 Å². The highest BCUT2D eigenvalue weighted by atomic mass is 16.5. The predicted octanol–water partition coefficient (Wildman–Crippen LogP) is 2.63. The molecule has 0 heterocycles. The Balaban J connectivity index is 2.03. The molecule has 0 atom stereocenters. The van der Waals surface area contributed by atoms with Crippen molar-refractivity contribution in [2.75, 3.05) is 33.0 Å². The molecule has 19 heavy (non-hydrogen) atoms. The van der Waals surface area contributed by atoms with Crippen LogP contribution in [-0.4, -0.2) is 33.0 Å². The molecule has 0 spiro atoms. The fourth-order valence-electron chi connectivity index (χ4n) is 1.41. The Morgan fingerprint density at radius 3 is 2.58 bits per heavy atom. The quantitative estimate of drug-likeness (QED) is 0.643. The summed E-state index contributed by atoms with van der Waals surface area (Å²) in [6.07, 6.45) is 0. The first-order valence-corrected chi connectivity index (χ1v) is 6.51. The lowest BCUT2D eigenvalue weighted by Gasteiger charge is -2.08. The Morgan fingerprint density at radius 2 is 1.84 bits per heavy atom. The summed E-state index contributed by atoms with van der Waals surface area (Å²) in [6.45, 7) is 7.17. The first-order chi connectivity index (χ1) is 9.22. The van der Waals surface area contributed by atoms with Gasteiger partial charge >= 0.3 is 0 Å². The molecular weight excluding hydrogens is 242 g/mol. The van der Waals surface area contributed by atoms with Crippen molar-refractivity contribution in [3.05, 3.63) is 29.8 Å². The van der Waals surface area contributed by atoms with Gasteiger partial charge in [-0.25, -0.2) is 0 Å². The van der Waals surface area contributed by atoms with E-state index < -0.39 is 0 Å². The van der Waals surface area contributed by atoms with Crippen LogP contribution in [0, 0.1) is 17.2 Å². The van der Waals surface area contributed by atoms with Crippen molar-refractivity contribution in [2.24, 2.45) is 5.92 Å². The van der Waals surface area contributed by atoms with E-state index in [-0.39, 0.29) is 0 Å². The van der Waals surface area contributed by atoms with Crippen molar-refractivity contribution in [2.45, 2.75) is 13.8 Å². The summed E-state index contributed by atoms with van der Waals surface area (Å²) in [6, 6.07) is 9.16. The van der Waals surface area contributed by atoms with E-state index in [2.05, 4.69) is 19.9 Å². The van der Waals surface area contributed by atoms with E-state index in [0.29, 0.717) is 43.7 Å². The van der Waals surface area contributed by atoms with Crippen molar-refractivity contribution in [3.8, 4) is 11.8 Å². The Kier molecular flexibility index (Phi) is 7.64. The molecule has 1 aromatic carbocycles. The lowest BCUT2D eigenvalue weighted by Crippen LogP contribution is -2.12. The topological polar surface area (TPSA) is 51.5 Å². The highest BCUT2D eigenvalue weighted by molar-refractivity contribution is 5.36. The third kappa shape index (κ3) is 7.45. The van der Waals surface area contributed by atoms with Crippen molar-refractivity contribution in [1.29, 1.82) is 5.26 Å². The molecule has 0 aliphatic heterocycles. The highest BCUT2D eigenvalue weighted by Gasteiger charge is 1.97. The maximum absolute atomic E-state index is 8.75. The van der Waals surface area contributed by atoms with Gasteiger partial charge in [-0.3, -0.25) is 0 Å². The molecule has 0 N–H and O–H groups in total. The van der Waals surface area contributed by atoms with Crippen LogP contribution >= 0.6 is 0 Å². The van der Waals surface area contributed by atoms with Gasteiger partial charge in [-0.05, 0) is 24.1 Å². The van der Waals surface area contributed by atoms with E-state index >= 15 is 0 Å². The van der Waals surface area contributed by atoms with Gasteiger partial charge in [0.25, 0.3) is 0 Å². The molecule has 0 bridgehead atoms. The van der Waals surface area contributed by atoms with E-state index in [9.17, 15) is 0 Å². The van der Waals surface area contributed by atoms with Gasteiger partial charge in [0, 0.05) is 6.61 Å². The van der Waals surface area contributed by atoms with Gasteiger partial charge in [-0.1, -0.05) is 19.9 Å². The van der Waals surface area contributed by atoms with Crippen molar-refractivity contribution in [1.82, 2.24) is 0 Å². The molecule has 0 unspecified atom stereocenters. The van der Waals surface area contributed by atoms with Crippen molar-refractivity contribution >= 4 is 0 Å². The number of ether oxygens (including phenoxy) is 3. The number of hydrogen-bond donors (Lipinski definition) is 0. The summed E-state index contributed by atoms with van der Waals surface area (Å²) in [5.74, 6) is 1.24. The number of hydrogen-bond acceptors (Lipinski definition) is 4. The number of rotatable bonds is 9. The van der Waals surface area contributed by atoms with Gasteiger partial charge in [-0.2, -0.15) is 5.26 Å². The first kappa shape index (κ1) is 15.5. The number of nitrogens with zero attached hydrogens (tertiary/aromatic N) is 1. The Labute approximate surface area is 114 Å². The molecule has 0 aromatic heterocycles. The van der Waals surface area contributed by atoms with Crippen LogP contribution in [-0.2, 0) is 9.47 Å². The summed E-state index contributed by atoms with van der Waals surface area (Å²) in [4.78, 5) is 0. The summed E-state index contributed by atoms with van der Waals surface area (Å²) in [5, 5.41) is 8.75.